The Morgan fingerprint density at radius 3 is 2.50 bits per heavy atom. The van der Waals surface area contributed by atoms with E-state index < -0.39 is 5.97 Å². The van der Waals surface area contributed by atoms with Crippen molar-refractivity contribution >= 4 is 23.8 Å². The second-order valence-electron chi connectivity index (χ2n) is 4.61. The van der Waals surface area contributed by atoms with E-state index in [-0.39, 0.29) is 18.0 Å². The van der Waals surface area contributed by atoms with Gasteiger partial charge in [0.1, 0.15) is 0 Å². The normalized spacial score (nSPS) is 18.4. The van der Waals surface area contributed by atoms with Gasteiger partial charge in [-0.2, -0.15) is 11.8 Å². The summed E-state index contributed by atoms with van der Waals surface area (Å²) in [5.74, 6) is -0.125. The first kappa shape index (κ1) is 15.1. The molecule has 0 aliphatic carbocycles. The molecule has 1 saturated heterocycles. The Morgan fingerprint density at radius 1 is 1.44 bits per heavy atom. The van der Waals surface area contributed by atoms with Gasteiger partial charge in [0.05, 0.1) is 5.92 Å². The summed E-state index contributed by atoms with van der Waals surface area (Å²) in [6.07, 6.45) is 4.05. The number of piperidine rings is 1. The number of amides is 2. The molecule has 18 heavy (non-hydrogen) atoms. The predicted octanol–water partition coefficient (Wildman–Crippen LogP) is 1.63. The third-order valence-corrected chi connectivity index (χ3v) is 4.06. The summed E-state index contributed by atoms with van der Waals surface area (Å²) in [5.41, 5.74) is 0. The number of rotatable bonds is 5. The SMILES string of the molecule is CCC(CSC)NC(=O)N1CCC(C(=O)O)CC1. The molecule has 0 spiro atoms. The molecule has 0 aromatic rings. The highest BCUT2D eigenvalue weighted by Crippen LogP contribution is 2.17. The Bertz CT molecular complexity index is 291. The number of hydrogen-bond acceptors (Lipinski definition) is 3. The minimum atomic E-state index is -0.746. The van der Waals surface area contributed by atoms with E-state index in [1.807, 2.05) is 6.26 Å². The van der Waals surface area contributed by atoms with Crippen molar-refractivity contribution in [3.8, 4) is 0 Å². The quantitative estimate of drug-likeness (QED) is 0.799. The molecule has 104 valence electrons. The molecule has 0 bridgehead atoms. The smallest absolute Gasteiger partial charge is 0.317 e. The Morgan fingerprint density at radius 2 is 2.06 bits per heavy atom. The molecule has 1 unspecified atom stereocenters. The van der Waals surface area contributed by atoms with E-state index in [0.29, 0.717) is 25.9 Å². The van der Waals surface area contributed by atoms with E-state index >= 15 is 0 Å². The van der Waals surface area contributed by atoms with Gasteiger partial charge in [-0.15, -0.1) is 0 Å². The van der Waals surface area contributed by atoms with E-state index in [2.05, 4.69) is 12.2 Å². The lowest BCUT2D eigenvalue weighted by molar-refractivity contribution is -0.143. The van der Waals surface area contributed by atoms with Gasteiger partial charge in [-0.1, -0.05) is 6.92 Å². The van der Waals surface area contributed by atoms with E-state index in [9.17, 15) is 9.59 Å². The van der Waals surface area contributed by atoms with Gasteiger partial charge in [-0.25, -0.2) is 4.79 Å². The van der Waals surface area contributed by atoms with Crippen LogP contribution in [0.15, 0.2) is 0 Å². The second kappa shape index (κ2) is 7.51. The first-order chi connectivity index (χ1) is 8.58. The van der Waals surface area contributed by atoms with Crippen LogP contribution in [0.25, 0.3) is 0 Å². The third-order valence-electron chi connectivity index (χ3n) is 3.32. The second-order valence-corrected chi connectivity index (χ2v) is 5.52. The van der Waals surface area contributed by atoms with Crippen molar-refractivity contribution in [3.63, 3.8) is 0 Å². The van der Waals surface area contributed by atoms with Gasteiger partial charge >= 0.3 is 12.0 Å². The molecule has 1 atom stereocenters. The highest BCUT2D eigenvalue weighted by molar-refractivity contribution is 7.98. The number of carboxylic acid groups (broad SMARTS) is 1. The zero-order valence-electron chi connectivity index (χ0n) is 11.0. The lowest BCUT2D eigenvalue weighted by Crippen LogP contribution is -2.49. The number of thioether (sulfide) groups is 1. The molecule has 5 nitrogen and oxygen atoms in total. The van der Waals surface area contributed by atoms with E-state index in [0.717, 1.165) is 12.2 Å². The molecule has 0 aromatic heterocycles. The number of likely N-dealkylation sites (tertiary alicyclic amines) is 1. The summed E-state index contributed by atoms with van der Waals surface area (Å²) in [6, 6.07) is 0.143. The molecule has 1 rings (SSSR count). The van der Waals surface area contributed by atoms with Crippen LogP contribution in [0.5, 0.6) is 0 Å². The molecule has 1 fully saturated rings. The molecular weight excluding hydrogens is 252 g/mol. The summed E-state index contributed by atoms with van der Waals surface area (Å²) >= 11 is 1.72. The molecule has 0 radical (unpaired) electrons. The summed E-state index contributed by atoms with van der Waals surface area (Å²) in [6.45, 7) is 3.13. The average molecular weight is 274 g/mol. The molecular formula is C12H22N2O3S. The lowest BCUT2D eigenvalue weighted by atomic mass is 9.97. The standard InChI is InChI=1S/C12H22N2O3S/c1-3-10(8-18-2)13-12(17)14-6-4-9(5-7-14)11(15)16/h9-10H,3-8H2,1-2H3,(H,13,17)(H,15,16). The maximum atomic E-state index is 12.0. The predicted molar refractivity (Wildman–Crippen MR) is 72.9 cm³/mol. The van der Waals surface area contributed by atoms with Crippen molar-refractivity contribution in [2.24, 2.45) is 5.92 Å². The maximum Gasteiger partial charge on any atom is 0.317 e. The zero-order valence-corrected chi connectivity index (χ0v) is 11.8. The van der Waals surface area contributed by atoms with Crippen molar-refractivity contribution in [2.45, 2.75) is 32.2 Å². The largest absolute Gasteiger partial charge is 0.481 e. The van der Waals surface area contributed by atoms with Crippen LogP contribution in [0.2, 0.25) is 0 Å². The molecule has 6 heteroatoms. The number of carboxylic acids is 1. The monoisotopic (exact) mass is 274 g/mol. The summed E-state index contributed by atoms with van der Waals surface area (Å²) < 4.78 is 0. The highest BCUT2D eigenvalue weighted by atomic mass is 32.2. The van der Waals surface area contributed by atoms with Crippen molar-refractivity contribution in [2.75, 3.05) is 25.1 Å². The van der Waals surface area contributed by atoms with Crippen molar-refractivity contribution in [3.05, 3.63) is 0 Å². The minimum absolute atomic E-state index is 0.0558. The maximum absolute atomic E-state index is 12.0. The zero-order chi connectivity index (χ0) is 13.5. The van der Waals surface area contributed by atoms with E-state index in [1.165, 1.54) is 0 Å². The molecule has 0 aromatic carbocycles. The number of carbonyl (C=O) groups excluding carboxylic acids is 1. The lowest BCUT2D eigenvalue weighted by Gasteiger charge is -2.31. The van der Waals surface area contributed by atoms with Crippen LogP contribution in [0.1, 0.15) is 26.2 Å². The number of hydrogen-bond donors (Lipinski definition) is 2. The fraction of sp³-hybridized carbons (Fsp3) is 0.833. The van der Waals surface area contributed by atoms with Gasteiger partial charge in [0.2, 0.25) is 0 Å². The fourth-order valence-electron chi connectivity index (χ4n) is 2.06. The highest BCUT2D eigenvalue weighted by Gasteiger charge is 2.27. The minimum Gasteiger partial charge on any atom is -0.481 e. The van der Waals surface area contributed by atoms with Crippen molar-refractivity contribution in [1.29, 1.82) is 0 Å². The molecule has 1 aliphatic heterocycles. The Hall–Kier alpha value is -0.910. The molecule has 1 aliphatic rings. The molecule has 0 saturated carbocycles. The number of nitrogens with one attached hydrogen (secondary N) is 1. The van der Waals surface area contributed by atoms with Crippen LogP contribution in [0.3, 0.4) is 0 Å². The van der Waals surface area contributed by atoms with Crippen molar-refractivity contribution in [1.82, 2.24) is 10.2 Å². The number of nitrogens with zero attached hydrogens (tertiary/aromatic N) is 1. The van der Waals surface area contributed by atoms with E-state index in [1.54, 1.807) is 16.7 Å². The van der Waals surface area contributed by atoms with Crippen LogP contribution in [-0.2, 0) is 4.79 Å². The Balaban J connectivity index is 2.37. The summed E-state index contributed by atoms with van der Waals surface area (Å²) in [5, 5.41) is 11.9. The van der Waals surface area contributed by atoms with Crippen LogP contribution < -0.4 is 5.32 Å². The number of aliphatic carboxylic acids is 1. The Kier molecular flexibility index (Phi) is 6.32. The molecule has 1 heterocycles. The van der Waals surface area contributed by atoms with Gasteiger partial charge in [0, 0.05) is 24.9 Å². The van der Waals surface area contributed by atoms with E-state index in [4.69, 9.17) is 5.11 Å². The fourth-order valence-corrected chi connectivity index (χ4v) is 2.78. The molecule has 2 amide bonds. The van der Waals surface area contributed by atoms with Crippen molar-refractivity contribution < 1.29 is 14.7 Å². The third kappa shape index (κ3) is 4.40. The van der Waals surface area contributed by atoms with Crippen LogP contribution in [-0.4, -0.2) is 53.1 Å². The Labute approximate surface area is 112 Å². The van der Waals surface area contributed by atoms with Crippen LogP contribution >= 0.6 is 11.8 Å². The van der Waals surface area contributed by atoms with Gasteiger partial charge in [0.15, 0.2) is 0 Å². The summed E-state index contributed by atoms with van der Waals surface area (Å²) in [7, 11) is 0. The van der Waals surface area contributed by atoms with Gasteiger partial charge in [-0.05, 0) is 25.5 Å². The summed E-state index contributed by atoms with van der Waals surface area (Å²) in [4.78, 5) is 24.5. The number of urea groups is 1. The first-order valence-electron chi connectivity index (χ1n) is 6.35. The van der Waals surface area contributed by atoms with Gasteiger partial charge in [0.25, 0.3) is 0 Å². The first-order valence-corrected chi connectivity index (χ1v) is 7.75. The number of carbonyl (C=O) groups is 2. The van der Waals surface area contributed by atoms with Crippen LogP contribution in [0, 0.1) is 5.92 Å². The topological polar surface area (TPSA) is 69.6 Å². The van der Waals surface area contributed by atoms with Gasteiger partial charge < -0.3 is 15.3 Å². The van der Waals surface area contributed by atoms with Crippen LogP contribution in [0.4, 0.5) is 4.79 Å². The molecule has 2 N–H and O–H groups in total. The van der Waals surface area contributed by atoms with Gasteiger partial charge in [-0.3, -0.25) is 4.79 Å². The average Bonchev–Trinajstić information content (AvgIpc) is 2.38.